The molecule has 6 heteroatoms. The van der Waals surface area contributed by atoms with Gasteiger partial charge in [-0.25, -0.2) is 14.4 Å². The van der Waals surface area contributed by atoms with Crippen molar-refractivity contribution in [2.45, 2.75) is 25.4 Å². The molecular weight excluding hydrogens is 295 g/mol. The van der Waals surface area contributed by atoms with Crippen LogP contribution in [0.1, 0.15) is 30.4 Å². The van der Waals surface area contributed by atoms with E-state index < -0.39 is 0 Å². The highest BCUT2D eigenvalue weighted by Gasteiger charge is 2.28. The van der Waals surface area contributed by atoms with Crippen molar-refractivity contribution in [3.05, 3.63) is 60.3 Å². The Labute approximate surface area is 133 Å². The second-order valence-electron chi connectivity index (χ2n) is 5.76. The maximum Gasteiger partial charge on any atom is 0.226 e. The van der Waals surface area contributed by atoms with E-state index in [0.717, 1.165) is 30.9 Å². The Bertz CT molecular complexity index is 784. The van der Waals surface area contributed by atoms with Crippen LogP contribution in [0.3, 0.4) is 0 Å². The Morgan fingerprint density at radius 2 is 2.35 bits per heavy atom. The number of rotatable bonds is 4. The Hall–Kier alpha value is -2.47. The van der Waals surface area contributed by atoms with Crippen molar-refractivity contribution in [2.75, 3.05) is 6.54 Å². The fraction of sp³-hybridized carbons (Fsp3) is 0.294. The van der Waals surface area contributed by atoms with Crippen LogP contribution < -0.4 is 0 Å². The van der Waals surface area contributed by atoms with Gasteiger partial charge in [0, 0.05) is 24.5 Å². The summed E-state index contributed by atoms with van der Waals surface area (Å²) in [6, 6.07) is 6.57. The molecule has 5 nitrogen and oxygen atoms in total. The molecule has 1 saturated heterocycles. The molecule has 0 unspecified atom stereocenters. The van der Waals surface area contributed by atoms with Crippen molar-refractivity contribution in [2.24, 2.45) is 0 Å². The molecule has 0 saturated carbocycles. The summed E-state index contributed by atoms with van der Waals surface area (Å²) in [6.07, 6.45) is 7.51. The normalized spacial score (nSPS) is 18.6. The number of imidazole rings is 1. The van der Waals surface area contributed by atoms with Gasteiger partial charge in [0.15, 0.2) is 0 Å². The smallest absolute Gasteiger partial charge is 0.226 e. The summed E-state index contributed by atoms with van der Waals surface area (Å²) in [4.78, 5) is 14.4. The summed E-state index contributed by atoms with van der Waals surface area (Å²) >= 11 is 0. The minimum absolute atomic E-state index is 0.291. The molecule has 0 amide bonds. The van der Waals surface area contributed by atoms with Gasteiger partial charge in [-0.15, -0.1) is 0 Å². The van der Waals surface area contributed by atoms with Crippen molar-refractivity contribution < 1.29 is 8.81 Å². The highest BCUT2D eigenvalue weighted by Crippen LogP contribution is 2.31. The van der Waals surface area contributed by atoms with Gasteiger partial charge in [0.1, 0.15) is 17.9 Å². The second kappa shape index (κ2) is 5.96. The fourth-order valence-electron chi connectivity index (χ4n) is 3.13. The van der Waals surface area contributed by atoms with E-state index in [9.17, 15) is 4.39 Å². The minimum Gasteiger partial charge on any atom is -0.444 e. The summed E-state index contributed by atoms with van der Waals surface area (Å²) in [5, 5.41) is 0. The average Bonchev–Trinajstić information content (AvgIpc) is 3.29. The predicted octanol–water partition coefficient (Wildman–Crippen LogP) is 3.54. The molecule has 118 valence electrons. The molecule has 1 aliphatic heterocycles. The second-order valence-corrected chi connectivity index (χ2v) is 5.76. The number of H-pyrrole nitrogens is 1. The standard InChI is InChI=1S/C17H17FN4O/c18-13-4-1-3-12(9-13)17-21-14(11-23-17)10-22-8-2-5-15(22)16-19-6-7-20-16/h1,3-4,6-7,9,11,15H,2,5,8,10H2,(H,19,20)/t15-/m1/s1. The molecule has 1 N–H and O–H groups in total. The number of halogens is 1. The van der Waals surface area contributed by atoms with Crippen LogP contribution in [0.4, 0.5) is 4.39 Å². The monoisotopic (exact) mass is 312 g/mol. The van der Waals surface area contributed by atoms with E-state index >= 15 is 0 Å². The number of aromatic amines is 1. The molecule has 0 radical (unpaired) electrons. The Kier molecular flexibility index (Phi) is 3.67. The zero-order valence-corrected chi connectivity index (χ0v) is 12.6. The molecule has 0 bridgehead atoms. The summed E-state index contributed by atoms with van der Waals surface area (Å²) in [7, 11) is 0. The average molecular weight is 312 g/mol. The molecule has 0 spiro atoms. The molecule has 1 fully saturated rings. The highest BCUT2D eigenvalue weighted by atomic mass is 19.1. The van der Waals surface area contributed by atoms with Crippen molar-refractivity contribution in [1.82, 2.24) is 19.9 Å². The van der Waals surface area contributed by atoms with E-state index in [0.29, 0.717) is 24.0 Å². The van der Waals surface area contributed by atoms with Crippen molar-refractivity contribution in [3.63, 3.8) is 0 Å². The molecule has 0 aliphatic carbocycles. The van der Waals surface area contributed by atoms with E-state index in [1.54, 1.807) is 24.6 Å². The number of oxazole rings is 1. The van der Waals surface area contributed by atoms with Crippen LogP contribution in [-0.4, -0.2) is 26.4 Å². The van der Waals surface area contributed by atoms with E-state index in [1.807, 2.05) is 6.20 Å². The van der Waals surface area contributed by atoms with Crippen LogP contribution in [0.5, 0.6) is 0 Å². The lowest BCUT2D eigenvalue weighted by Gasteiger charge is -2.21. The van der Waals surface area contributed by atoms with E-state index in [2.05, 4.69) is 19.9 Å². The molecule has 1 aliphatic rings. The molecule has 1 aromatic carbocycles. The van der Waals surface area contributed by atoms with Crippen molar-refractivity contribution in [1.29, 1.82) is 0 Å². The maximum absolute atomic E-state index is 13.3. The molecule has 3 heterocycles. The first kappa shape index (κ1) is 14.1. The fourth-order valence-corrected chi connectivity index (χ4v) is 3.13. The number of nitrogens with zero attached hydrogens (tertiary/aromatic N) is 3. The third kappa shape index (κ3) is 2.90. The van der Waals surface area contributed by atoms with Crippen molar-refractivity contribution in [3.8, 4) is 11.5 Å². The number of likely N-dealkylation sites (tertiary alicyclic amines) is 1. The summed E-state index contributed by atoms with van der Waals surface area (Å²) in [6.45, 7) is 1.71. The Balaban J connectivity index is 1.51. The largest absolute Gasteiger partial charge is 0.444 e. The summed E-state index contributed by atoms with van der Waals surface area (Å²) < 4.78 is 18.8. The van der Waals surface area contributed by atoms with Crippen molar-refractivity contribution >= 4 is 0 Å². The SMILES string of the molecule is Fc1cccc(-c2nc(CN3CCC[C@@H]3c3ncc[nH]3)co2)c1. The minimum atomic E-state index is -0.292. The first-order valence-electron chi connectivity index (χ1n) is 7.73. The first-order chi connectivity index (χ1) is 11.3. The highest BCUT2D eigenvalue weighted by molar-refractivity contribution is 5.52. The third-order valence-electron chi connectivity index (χ3n) is 4.19. The lowest BCUT2D eigenvalue weighted by molar-refractivity contribution is 0.238. The zero-order chi connectivity index (χ0) is 15.6. The molecule has 4 rings (SSSR count). The maximum atomic E-state index is 13.3. The number of nitrogens with one attached hydrogen (secondary N) is 1. The molecule has 23 heavy (non-hydrogen) atoms. The molecule has 3 aromatic rings. The number of hydrogen-bond donors (Lipinski definition) is 1. The number of aromatic nitrogens is 3. The molecule has 2 aromatic heterocycles. The zero-order valence-electron chi connectivity index (χ0n) is 12.6. The predicted molar refractivity (Wildman–Crippen MR) is 82.9 cm³/mol. The first-order valence-corrected chi connectivity index (χ1v) is 7.73. The summed E-state index contributed by atoms with van der Waals surface area (Å²) in [5.74, 6) is 1.16. The van der Waals surface area contributed by atoms with Crippen LogP contribution in [0.2, 0.25) is 0 Å². The Morgan fingerprint density at radius 1 is 1.39 bits per heavy atom. The van der Waals surface area contributed by atoms with Gasteiger partial charge < -0.3 is 9.40 Å². The molecular formula is C17H17FN4O. The third-order valence-corrected chi connectivity index (χ3v) is 4.19. The lowest BCUT2D eigenvalue weighted by atomic mass is 10.2. The van der Waals surface area contributed by atoms with Gasteiger partial charge >= 0.3 is 0 Å². The van der Waals surface area contributed by atoms with Gasteiger partial charge in [0.2, 0.25) is 5.89 Å². The van der Waals surface area contributed by atoms with E-state index in [-0.39, 0.29) is 5.82 Å². The quantitative estimate of drug-likeness (QED) is 0.800. The van der Waals surface area contributed by atoms with E-state index in [4.69, 9.17) is 4.42 Å². The van der Waals surface area contributed by atoms with Crippen LogP contribution in [0.15, 0.2) is 47.3 Å². The van der Waals surface area contributed by atoms with Gasteiger partial charge in [-0.3, -0.25) is 4.90 Å². The van der Waals surface area contributed by atoms with Crippen LogP contribution in [-0.2, 0) is 6.54 Å². The van der Waals surface area contributed by atoms with Crippen LogP contribution >= 0.6 is 0 Å². The number of hydrogen-bond acceptors (Lipinski definition) is 4. The van der Waals surface area contributed by atoms with Crippen LogP contribution in [0, 0.1) is 5.82 Å². The lowest BCUT2D eigenvalue weighted by Crippen LogP contribution is -2.23. The van der Waals surface area contributed by atoms with E-state index in [1.165, 1.54) is 12.1 Å². The van der Waals surface area contributed by atoms with Crippen LogP contribution in [0.25, 0.3) is 11.5 Å². The van der Waals surface area contributed by atoms with Gasteiger partial charge in [-0.05, 0) is 37.6 Å². The Morgan fingerprint density at radius 3 is 3.17 bits per heavy atom. The molecule has 1 atom stereocenters. The van der Waals surface area contributed by atoms with Gasteiger partial charge in [0.05, 0.1) is 11.7 Å². The van der Waals surface area contributed by atoms with Gasteiger partial charge in [-0.1, -0.05) is 6.07 Å². The number of benzene rings is 1. The summed E-state index contributed by atoms with van der Waals surface area (Å²) in [5.41, 5.74) is 1.50. The van der Waals surface area contributed by atoms with Gasteiger partial charge in [-0.2, -0.15) is 0 Å². The van der Waals surface area contributed by atoms with Gasteiger partial charge in [0.25, 0.3) is 0 Å². The topological polar surface area (TPSA) is 58.0 Å².